The van der Waals surface area contributed by atoms with Crippen molar-refractivity contribution in [3.63, 3.8) is 0 Å². The van der Waals surface area contributed by atoms with Crippen molar-refractivity contribution in [2.24, 2.45) is 11.1 Å². The quantitative estimate of drug-likeness (QED) is 0.0958. The summed E-state index contributed by atoms with van der Waals surface area (Å²) in [6.07, 6.45) is 0.465. The number of fused-ring (bicyclic) bond motifs is 1. The fourth-order valence-electron chi connectivity index (χ4n) is 3.67. The zero-order chi connectivity index (χ0) is 25.1. The highest BCUT2D eigenvalue weighted by Gasteiger charge is 2.67. The van der Waals surface area contributed by atoms with Crippen molar-refractivity contribution in [1.29, 1.82) is 0 Å². The van der Waals surface area contributed by atoms with Crippen LogP contribution in [0.1, 0.15) is 24.3 Å². The number of aryl methyl sites for hydroxylation is 1. The molecule has 16 heteroatoms. The number of carbonyl (C=O) groups is 5. The van der Waals surface area contributed by atoms with Crippen molar-refractivity contribution in [3.05, 3.63) is 5.01 Å². The van der Waals surface area contributed by atoms with E-state index in [1.807, 2.05) is 0 Å². The molecule has 3 heterocycles. The molecule has 2 aliphatic heterocycles. The van der Waals surface area contributed by atoms with Crippen LogP contribution in [0.25, 0.3) is 0 Å². The lowest BCUT2D eigenvalue weighted by molar-refractivity contribution is -0.169. The molecule has 6 N–H and O–H groups in total. The molecule has 1 aromatic heterocycles. The van der Waals surface area contributed by atoms with E-state index in [9.17, 15) is 29.1 Å². The molecule has 0 aliphatic carbocycles. The van der Waals surface area contributed by atoms with Crippen LogP contribution in [0.3, 0.4) is 0 Å². The van der Waals surface area contributed by atoms with Gasteiger partial charge >= 0.3 is 11.9 Å². The summed E-state index contributed by atoms with van der Waals surface area (Å²) in [7, 11) is 0. The summed E-state index contributed by atoms with van der Waals surface area (Å²) in [4.78, 5) is 61.1. The fraction of sp³-hybridized carbons (Fsp3) is 0.611. The smallest absolute Gasteiger partial charge is 0.320 e. The van der Waals surface area contributed by atoms with Gasteiger partial charge in [0, 0.05) is 24.5 Å². The maximum atomic E-state index is 13.1. The molecule has 3 rings (SSSR count). The van der Waals surface area contributed by atoms with Gasteiger partial charge in [0.2, 0.25) is 18.0 Å². The van der Waals surface area contributed by atoms with Gasteiger partial charge in [-0.25, -0.2) is 0 Å². The average Bonchev–Trinajstić information content (AvgIpc) is 3.21. The predicted octanol–water partition coefficient (Wildman–Crippen LogP) is -0.935. The van der Waals surface area contributed by atoms with E-state index >= 15 is 0 Å². The number of carboxylic acids is 2. The summed E-state index contributed by atoms with van der Waals surface area (Å²) in [5, 5.41) is 31.7. The van der Waals surface area contributed by atoms with Gasteiger partial charge in [-0.3, -0.25) is 24.0 Å². The van der Waals surface area contributed by atoms with Crippen molar-refractivity contribution in [2.75, 3.05) is 18.1 Å². The summed E-state index contributed by atoms with van der Waals surface area (Å²) >= 11 is 3.76. The largest absolute Gasteiger partial charge is 0.481 e. The Labute approximate surface area is 206 Å². The number of hydrogen-bond acceptors (Lipinski definition) is 11. The van der Waals surface area contributed by atoms with Gasteiger partial charge in [-0.2, -0.15) is 0 Å². The number of aromatic nitrogens is 2. The summed E-state index contributed by atoms with van der Waals surface area (Å²) < 4.78 is 0.632. The molecule has 4 atom stereocenters. The zero-order valence-corrected chi connectivity index (χ0v) is 20.5. The topological polar surface area (TPSA) is 205 Å². The van der Waals surface area contributed by atoms with E-state index in [0.29, 0.717) is 10.7 Å². The highest BCUT2D eigenvalue weighted by Crippen LogP contribution is 2.47. The van der Waals surface area contributed by atoms with Crippen LogP contribution in [0.5, 0.6) is 0 Å². The van der Waals surface area contributed by atoms with Gasteiger partial charge in [0.25, 0.3) is 5.91 Å². The van der Waals surface area contributed by atoms with E-state index in [2.05, 4.69) is 20.8 Å². The second kappa shape index (κ2) is 10.5. The van der Waals surface area contributed by atoms with Gasteiger partial charge in [0.15, 0.2) is 4.34 Å². The Bertz CT molecular complexity index is 993. The first-order valence-electron chi connectivity index (χ1n) is 10.1. The second-order valence-corrected chi connectivity index (χ2v) is 11.5. The lowest BCUT2D eigenvalue weighted by Crippen LogP contribution is -2.86. The molecule has 3 amide bonds. The molecule has 34 heavy (non-hydrogen) atoms. The minimum Gasteiger partial charge on any atom is -0.481 e. The molecular weight excluding hydrogens is 508 g/mol. The molecule has 0 spiro atoms. The van der Waals surface area contributed by atoms with Gasteiger partial charge in [-0.15, -0.1) is 22.0 Å². The molecule has 0 radical (unpaired) electrons. The van der Waals surface area contributed by atoms with Gasteiger partial charge < -0.3 is 31.5 Å². The van der Waals surface area contributed by atoms with Gasteiger partial charge in [0.05, 0.1) is 0 Å². The van der Waals surface area contributed by atoms with Gasteiger partial charge in [-0.1, -0.05) is 23.1 Å². The fourth-order valence-corrected chi connectivity index (χ4v) is 7.42. The van der Waals surface area contributed by atoms with Gasteiger partial charge in [0.1, 0.15) is 21.8 Å². The molecule has 2 aliphatic rings. The third kappa shape index (κ3) is 5.13. The van der Waals surface area contributed by atoms with Crippen LogP contribution in [-0.4, -0.2) is 90.6 Å². The molecule has 3 unspecified atom stereocenters. The second-order valence-electron chi connectivity index (χ2n) is 8.01. The predicted molar refractivity (Wildman–Crippen MR) is 123 cm³/mol. The Hall–Kier alpha value is -2.43. The van der Waals surface area contributed by atoms with Crippen LogP contribution in [-0.2, 0) is 24.0 Å². The Kier molecular flexibility index (Phi) is 8.05. The van der Waals surface area contributed by atoms with E-state index in [4.69, 9.17) is 10.8 Å². The number of amides is 3. The molecule has 2 fully saturated rings. The first-order chi connectivity index (χ1) is 16.0. The normalized spacial score (nSPS) is 26.7. The Morgan fingerprint density at radius 1 is 1.38 bits per heavy atom. The Morgan fingerprint density at radius 2 is 2.12 bits per heavy atom. The first-order valence-corrected chi connectivity index (χ1v) is 13.0. The number of carboxylic acid groups (broad SMARTS) is 2. The summed E-state index contributed by atoms with van der Waals surface area (Å²) in [5.74, 6) is -3.09. The molecule has 0 bridgehead atoms. The van der Waals surface area contributed by atoms with E-state index in [-0.39, 0.29) is 37.3 Å². The summed E-state index contributed by atoms with van der Waals surface area (Å²) in [6.45, 7) is 1.71. The molecule has 0 saturated carbocycles. The van der Waals surface area contributed by atoms with Crippen LogP contribution in [0, 0.1) is 12.3 Å². The van der Waals surface area contributed by atoms with Crippen LogP contribution < -0.4 is 16.4 Å². The van der Waals surface area contributed by atoms with Gasteiger partial charge in [-0.05, 0) is 19.8 Å². The Balaban J connectivity index is 1.66. The number of aliphatic carboxylic acids is 2. The minimum atomic E-state index is -1.69. The molecule has 0 aromatic carbocycles. The lowest BCUT2D eigenvalue weighted by Gasteiger charge is -2.59. The van der Waals surface area contributed by atoms with E-state index < -0.39 is 46.2 Å². The van der Waals surface area contributed by atoms with Crippen molar-refractivity contribution >= 4 is 65.0 Å². The van der Waals surface area contributed by atoms with Crippen molar-refractivity contribution in [1.82, 2.24) is 25.7 Å². The number of rotatable bonds is 12. The first kappa shape index (κ1) is 26.2. The number of thioether (sulfide) groups is 2. The van der Waals surface area contributed by atoms with Crippen LogP contribution in [0.2, 0.25) is 0 Å². The van der Waals surface area contributed by atoms with Crippen LogP contribution in [0.15, 0.2) is 4.34 Å². The monoisotopic (exact) mass is 532 g/mol. The molecule has 2 saturated heterocycles. The maximum absolute atomic E-state index is 13.1. The summed E-state index contributed by atoms with van der Waals surface area (Å²) in [6, 6.07) is -1.10. The number of carbonyl (C=O) groups excluding carboxylic acids is 3. The SMILES string of the molecule is Cc1nnc(SCC2(C(=O)O)CS[C@H]3N(C2)C(=O)C3(NC=O)NC(=O)CCCC(N)C(=O)O)s1. The standard InChI is InChI=1S/C18H24N6O7S3/c1-9-22-23-16(34-9)33-7-17(15(30)31)5-24-13(29)18(20-8-25,14(24)32-6-17)21-11(26)4-2-3-10(19)12(27)28/h8,10,14H,2-7,19H2,1H3,(H,20,25)(H,21,26)(H,27,28)(H,30,31)/t10?,14-,17?,18?/m1/s1. The van der Waals surface area contributed by atoms with Crippen LogP contribution >= 0.6 is 34.9 Å². The number of nitrogens with zero attached hydrogens (tertiary/aromatic N) is 3. The highest BCUT2D eigenvalue weighted by atomic mass is 32.2. The van der Waals surface area contributed by atoms with E-state index in [0.717, 1.165) is 16.8 Å². The molecular formula is C18H24N6O7S3. The molecule has 1 aromatic rings. The Morgan fingerprint density at radius 3 is 2.71 bits per heavy atom. The maximum Gasteiger partial charge on any atom is 0.320 e. The van der Waals surface area contributed by atoms with E-state index in [1.165, 1.54) is 28.0 Å². The highest BCUT2D eigenvalue weighted by molar-refractivity contribution is 8.01. The summed E-state index contributed by atoms with van der Waals surface area (Å²) in [5.41, 5.74) is 2.49. The van der Waals surface area contributed by atoms with Crippen molar-refractivity contribution in [2.45, 2.75) is 47.6 Å². The van der Waals surface area contributed by atoms with E-state index in [1.54, 1.807) is 6.92 Å². The molecule has 13 nitrogen and oxygen atoms in total. The zero-order valence-electron chi connectivity index (χ0n) is 18.1. The third-order valence-electron chi connectivity index (χ3n) is 5.53. The van der Waals surface area contributed by atoms with Crippen molar-refractivity contribution < 1.29 is 34.2 Å². The minimum absolute atomic E-state index is 0.0715. The lowest BCUT2D eigenvalue weighted by atomic mass is 9.87. The number of nitrogens with one attached hydrogen (secondary N) is 2. The average molecular weight is 533 g/mol. The number of nitrogens with two attached hydrogens (primary N) is 1. The van der Waals surface area contributed by atoms with Crippen LogP contribution in [0.4, 0.5) is 0 Å². The third-order valence-corrected chi connectivity index (χ3v) is 9.44. The number of β-lactam (4-membered cyclic amide) rings is 1. The molecule has 186 valence electrons. The van der Waals surface area contributed by atoms with Crippen molar-refractivity contribution in [3.8, 4) is 0 Å². The number of hydrogen-bond donors (Lipinski definition) is 5.